The minimum Gasteiger partial charge on any atom is -0.444 e. The molecule has 1 amide bonds. The van der Waals surface area contributed by atoms with Crippen molar-refractivity contribution in [2.24, 2.45) is 0 Å². The third-order valence-electron chi connectivity index (χ3n) is 7.77. The Kier molecular flexibility index (Phi) is 21.8. The van der Waals surface area contributed by atoms with E-state index in [-0.39, 0.29) is 12.1 Å². The van der Waals surface area contributed by atoms with E-state index in [4.69, 9.17) is 14.2 Å². The molecule has 2 aliphatic heterocycles. The van der Waals surface area contributed by atoms with Gasteiger partial charge in [0.1, 0.15) is 16.8 Å². The van der Waals surface area contributed by atoms with Crippen LogP contribution in [-0.4, -0.2) is 77.7 Å². The molecule has 0 spiro atoms. The Morgan fingerprint density at radius 3 is 1.53 bits per heavy atom. The fourth-order valence-electron chi connectivity index (χ4n) is 5.36. The van der Waals surface area contributed by atoms with Crippen molar-refractivity contribution in [1.82, 2.24) is 15.1 Å². The maximum absolute atomic E-state index is 12.3. The lowest BCUT2D eigenvalue weighted by Gasteiger charge is -2.29. The molecule has 0 saturated carbocycles. The zero-order valence-corrected chi connectivity index (χ0v) is 38.5. The summed E-state index contributed by atoms with van der Waals surface area (Å²) in [6.07, 6.45) is 2.34. The average molecular weight is 966 g/mol. The third kappa shape index (κ3) is 20.9. The molecular formula is C41H65I2N3O7. The highest BCUT2D eigenvalue weighted by Crippen LogP contribution is 2.35. The van der Waals surface area contributed by atoms with Gasteiger partial charge in [-0.1, -0.05) is 57.2 Å². The summed E-state index contributed by atoms with van der Waals surface area (Å²) in [5.41, 5.74) is 0.869. The number of benzene rings is 2. The predicted molar refractivity (Wildman–Crippen MR) is 230 cm³/mol. The quantitative estimate of drug-likeness (QED) is 0.136. The van der Waals surface area contributed by atoms with E-state index in [1.54, 1.807) is 41.5 Å². The van der Waals surface area contributed by atoms with Crippen molar-refractivity contribution in [2.45, 2.75) is 138 Å². The van der Waals surface area contributed by atoms with Crippen molar-refractivity contribution in [3.63, 3.8) is 0 Å². The summed E-state index contributed by atoms with van der Waals surface area (Å²) in [5, 5.41) is 3.51. The van der Waals surface area contributed by atoms with Crippen molar-refractivity contribution in [3.8, 4) is 0 Å². The maximum atomic E-state index is 12.3. The number of ether oxygens (including phenoxy) is 4. The van der Waals surface area contributed by atoms with Gasteiger partial charge in [0.2, 0.25) is 0 Å². The van der Waals surface area contributed by atoms with Gasteiger partial charge in [-0.3, -0.25) is 0 Å². The highest BCUT2D eigenvalue weighted by atomic mass is 127. The lowest BCUT2D eigenvalue weighted by molar-refractivity contribution is -0.0294. The predicted octanol–water partition coefficient (Wildman–Crippen LogP) is 11.3. The summed E-state index contributed by atoms with van der Waals surface area (Å²) in [6.45, 7) is 27.8. The van der Waals surface area contributed by atoms with Crippen LogP contribution in [0, 0.1) is 7.14 Å². The zero-order valence-electron chi connectivity index (χ0n) is 34.1. The van der Waals surface area contributed by atoms with E-state index < -0.39 is 29.1 Å². The molecule has 2 unspecified atom stereocenters. The highest BCUT2D eigenvalue weighted by molar-refractivity contribution is 14.1. The van der Waals surface area contributed by atoms with E-state index in [9.17, 15) is 14.4 Å². The smallest absolute Gasteiger partial charge is 0.444 e. The Labute approximate surface area is 347 Å². The molecule has 10 nitrogen and oxygen atoms in total. The number of nitrogens with one attached hydrogen (secondary N) is 1. The van der Waals surface area contributed by atoms with Crippen LogP contribution in [-0.2, 0) is 18.9 Å². The van der Waals surface area contributed by atoms with Gasteiger partial charge >= 0.3 is 18.4 Å². The Balaban J connectivity index is 0.000000372. The fourth-order valence-corrected chi connectivity index (χ4v) is 6.87. The summed E-state index contributed by atoms with van der Waals surface area (Å²) < 4.78 is 21.9. The van der Waals surface area contributed by atoms with Crippen LogP contribution in [0.25, 0.3) is 0 Å². The largest absolute Gasteiger partial charge is 0.519 e. The number of rotatable bonds is 5. The van der Waals surface area contributed by atoms with Crippen LogP contribution >= 0.6 is 45.2 Å². The van der Waals surface area contributed by atoms with E-state index in [1.807, 2.05) is 37.8 Å². The summed E-state index contributed by atoms with van der Waals surface area (Å²) in [5.74, 6) is 0. The second kappa shape index (κ2) is 23.7. The van der Waals surface area contributed by atoms with E-state index in [0.717, 1.165) is 19.4 Å². The molecule has 2 saturated heterocycles. The van der Waals surface area contributed by atoms with Gasteiger partial charge in [-0.15, -0.1) is 0 Å². The average Bonchev–Trinajstić information content (AvgIpc) is 3.74. The van der Waals surface area contributed by atoms with Gasteiger partial charge in [0, 0.05) is 19.7 Å². The number of hydrogen-bond donors (Lipinski definition) is 1. The number of likely N-dealkylation sites (tertiary alicyclic amines) is 1. The Bertz CT molecular complexity index is 1360. The molecule has 2 aromatic rings. The molecule has 2 atom stereocenters. The standard InChI is InChI=1S/C15H20INO2.C10H12IN.C10H18O5.C6H15N/c1-15(2,3)19-14(18)17-10-6-9-13(17)11-7-4-5-8-12(11)16;11-9-5-2-1-4-8(9)10-6-3-7-12-10;1-9(2,3)14-7(11)13-8(12)15-10(4,5)6;1-4-7(5-2)6-3/h4-5,7-8,13H,6,9-10H2,1-3H3;1-2,4-5,10,12H,3,6-7H2;1-6H3;4-6H2,1-3H3. The van der Waals surface area contributed by atoms with Crippen molar-refractivity contribution >= 4 is 63.6 Å². The summed E-state index contributed by atoms with van der Waals surface area (Å²) >= 11 is 4.74. The molecule has 2 aliphatic rings. The van der Waals surface area contributed by atoms with Gasteiger partial charge in [0.15, 0.2) is 0 Å². The lowest BCUT2D eigenvalue weighted by Crippen LogP contribution is -2.36. The van der Waals surface area contributed by atoms with Crippen LogP contribution in [0.5, 0.6) is 0 Å². The summed E-state index contributed by atoms with van der Waals surface area (Å²) in [7, 11) is 0. The molecule has 0 radical (unpaired) electrons. The molecule has 2 aromatic carbocycles. The van der Waals surface area contributed by atoms with Crippen LogP contribution in [0.15, 0.2) is 48.5 Å². The van der Waals surface area contributed by atoms with Crippen LogP contribution < -0.4 is 5.32 Å². The molecular weight excluding hydrogens is 900 g/mol. The van der Waals surface area contributed by atoms with Gasteiger partial charge in [0.25, 0.3) is 0 Å². The zero-order chi connectivity index (χ0) is 40.4. The first-order chi connectivity index (χ1) is 24.6. The van der Waals surface area contributed by atoms with Crippen LogP contribution in [0.4, 0.5) is 14.4 Å². The topological polar surface area (TPSA) is 107 Å². The molecule has 53 heavy (non-hydrogen) atoms. The molecule has 300 valence electrons. The number of carbonyl (C=O) groups excluding carboxylic acids is 3. The van der Waals surface area contributed by atoms with Gasteiger partial charge in [-0.25, -0.2) is 14.4 Å². The lowest BCUT2D eigenvalue weighted by atomic mass is 10.1. The van der Waals surface area contributed by atoms with Crippen LogP contribution in [0.3, 0.4) is 0 Å². The first kappa shape index (κ1) is 48.8. The minimum absolute atomic E-state index is 0.156. The molecule has 0 aromatic heterocycles. The number of halogens is 2. The Morgan fingerprint density at radius 2 is 1.15 bits per heavy atom. The van der Waals surface area contributed by atoms with Gasteiger partial charge < -0.3 is 34.1 Å². The number of nitrogens with zero attached hydrogens (tertiary/aromatic N) is 2. The fraction of sp³-hybridized carbons (Fsp3) is 0.634. The molecule has 0 aliphatic carbocycles. The van der Waals surface area contributed by atoms with Crippen LogP contribution in [0.2, 0.25) is 0 Å². The van der Waals surface area contributed by atoms with Crippen molar-refractivity contribution in [1.29, 1.82) is 0 Å². The summed E-state index contributed by atoms with van der Waals surface area (Å²) in [4.78, 5) is 38.5. The first-order valence-electron chi connectivity index (χ1n) is 18.7. The van der Waals surface area contributed by atoms with E-state index in [0.29, 0.717) is 6.04 Å². The normalized spacial score (nSPS) is 16.9. The third-order valence-corrected chi connectivity index (χ3v) is 9.74. The van der Waals surface area contributed by atoms with Gasteiger partial charge in [-0.05, 0) is 183 Å². The molecule has 0 bridgehead atoms. The Morgan fingerprint density at radius 1 is 0.698 bits per heavy atom. The molecule has 4 rings (SSSR count). The second-order valence-electron chi connectivity index (χ2n) is 15.7. The van der Waals surface area contributed by atoms with Crippen molar-refractivity contribution in [2.75, 3.05) is 32.7 Å². The maximum Gasteiger partial charge on any atom is 0.519 e. The number of hydrogen-bond acceptors (Lipinski definition) is 9. The molecule has 12 heteroatoms. The van der Waals surface area contributed by atoms with Gasteiger partial charge in [0.05, 0.1) is 6.04 Å². The monoisotopic (exact) mass is 965 g/mol. The minimum atomic E-state index is -1.06. The molecule has 2 fully saturated rings. The first-order valence-corrected chi connectivity index (χ1v) is 20.8. The molecule has 2 heterocycles. The molecule has 1 N–H and O–H groups in total. The van der Waals surface area contributed by atoms with Crippen molar-refractivity contribution < 1.29 is 33.3 Å². The summed E-state index contributed by atoms with van der Waals surface area (Å²) in [6, 6.07) is 17.6. The number of amides is 1. The SMILES string of the molecule is CC(C)(C)OC(=O)N1CCCC1c1ccccc1I.CC(C)(C)OC(=O)OC(=O)OC(C)(C)C.CCN(CC)CC.Ic1ccccc1C1CCCN1. The van der Waals surface area contributed by atoms with E-state index in [2.05, 4.69) is 117 Å². The highest BCUT2D eigenvalue weighted by Gasteiger charge is 2.34. The van der Waals surface area contributed by atoms with E-state index >= 15 is 0 Å². The Hall–Kier alpha value is -2.17. The second-order valence-corrected chi connectivity index (χ2v) is 18.0. The van der Waals surface area contributed by atoms with Crippen LogP contribution in [0.1, 0.15) is 132 Å². The number of carbonyl (C=O) groups is 3. The van der Waals surface area contributed by atoms with Gasteiger partial charge in [-0.2, -0.15) is 0 Å². The van der Waals surface area contributed by atoms with E-state index in [1.165, 1.54) is 57.3 Å². The van der Waals surface area contributed by atoms with Crippen molar-refractivity contribution in [3.05, 3.63) is 66.8 Å².